The van der Waals surface area contributed by atoms with Crippen molar-refractivity contribution in [2.24, 2.45) is 0 Å². The highest BCUT2D eigenvalue weighted by molar-refractivity contribution is 7.11. The van der Waals surface area contributed by atoms with Crippen LogP contribution in [0.15, 0.2) is 18.5 Å². The smallest absolute Gasteiger partial charge is 0.203 e. The lowest BCUT2D eigenvalue weighted by Gasteiger charge is -2.12. The van der Waals surface area contributed by atoms with Crippen LogP contribution in [-0.2, 0) is 6.42 Å². The number of thiazole rings is 1. The van der Waals surface area contributed by atoms with Crippen molar-refractivity contribution < 1.29 is 0 Å². The molecule has 0 aliphatic rings. The van der Waals surface area contributed by atoms with Gasteiger partial charge in [0.05, 0.1) is 11.1 Å². The Morgan fingerprint density at radius 1 is 1.40 bits per heavy atom. The van der Waals surface area contributed by atoms with Crippen LogP contribution < -0.4 is 5.73 Å². The van der Waals surface area contributed by atoms with Gasteiger partial charge in [0.25, 0.3) is 0 Å². The van der Waals surface area contributed by atoms with Gasteiger partial charge in [0, 0.05) is 17.3 Å². The van der Waals surface area contributed by atoms with E-state index >= 15 is 0 Å². The number of hydrogen-bond acceptors (Lipinski definition) is 5. The predicted molar refractivity (Wildman–Crippen MR) is 82.3 cm³/mol. The molecule has 0 radical (unpaired) electrons. The minimum Gasteiger partial charge on any atom is -0.369 e. The molecule has 0 aromatic carbocycles. The van der Waals surface area contributed by atoms with E-state index < -0.39 is 0 Å². The SMILES string of the molecule is CCc1cnc(C(C)n2c(N)nc3cc(Cl)cnc32)s1. The highest BCUT2D eigenvalue weighted by Gasteiger charge is 2.19. The summed E-state index contributed by atoms with van der Waals surface area (Å²) in [5.41, 5.74) is 7.46. The van der Waals surface area contributed by atoms with E-state index in [0.717, 1.165) is 17.1 Å². The number of halogens is 1. The number of imidazole rings is 1. The minimum absolute atomic E-state index is 0.000949. The maximum absolute atomic E-state index is 6.03. The summed E-state index contributed by atoms with van der Waals surface area (Å²) < 4.78 is 1.89. The van der Waals surface area contributed by atoms with Crippen molar-refractivity contribution in [1.29, 1.82) is 0 Å². The number of anilines is 1. The number of pyridine rings is 1. The van der Waals surface area contributed by atoms with E-state index in [0.29, 0.717) is 16.5 Å². The maximum atomic E-state index is 6.03. The van der Waals surface area contributed by atoms with Crippen molar-refractivity contribution in [3.05, 3.63) is 33.4 Å². The van der Waals surface area contributed by atoms with Gasteiger partial charge < -0.3 is 5.73 Å². The largest absolute Gasteiger partial charge is 0.369 e. The highest BCUT2D eigenvalue weighted by atomic mass is 35.5. The average molecular weight is 308 g/mol. The normalized spacial score (nSPS) is 12.9. The Bertz CT molecular complexity index is 763. The standard InChI is InChI=1S/C13H14ClN5S/c1-3-9-6-17-12(20-9)7(2)19-11-10(18-13(19)15)4-8(14)5-16-11/h4-7H,3H2,1-2H3,(H2,15,18). The van der Waals surface area contributed by atoms with E-state index in [9.17, 15) is 0 Å². The minimum atomic E-state index is -0.000949. The fourth-order valence-electron chi connectivity index (χ4n) is 2.15. The molecule has 0 saturated carbocycles. The molecule has 1 unspecified atom stereocenters. The second kappa shape index (κ2) is 5.03. The van der Waals surface area contributed by atoms with Gasteiger partial charge in [0.15, 0.2) is 5.65 Å². The molecule has 5 nitrogen and oxygen atoms in total. The Balaban J connectivity index is 2.11. The summed E-state index contributed by atoms with van der Waals surface area (Å²) in [6.07, 6.45) is 4.50. The molecular formula is C13H14ClN5S. The summed E-state index contributed by atoms with van der Waals surface area (Å²) >= 11 is 7.63. The highest BCUT2D eigenvalue weighted by Crippen LogP contribution is 2.29. The number of rotatable bonds is 3. The lowest BCUT2D eigenvalue weighted by Crippen LogP contribution is -2.10. The molecule has 3 heterocycles. The van der Waals surface area contributed by atoms with Gasteiger partial charge in [-0.1, -0.05) is 18.5 Å². The molecule has 20 heavy (non-hydrogen) atoms. The first-order chi connectivity index (χ1) is 9.60. The van der Waals surface area contributed by atoms with Crippen molar-refractivity contribution in [3.8, 4) is 0 Å². The second-order valence-electron chi connectivity index (χ2n) is 4.53. The van der Waals surface area contributed by atoms with Crippen molar-refractivity contribution in [2.75, 3.05) is 5.73 Å². The fraction of sp³-hybridized carbons (Fsp3) is 0.308. The van der Waals surface area contributed by atoms with E-state index in [1.165, 1.54) is 4.88 Å². The molecule has 0 aliphatic carbocycles. The van der Waals surface area contributed by atoms with Gasteiger partial charge >= 0.3 is 0 Å². The van der Waals surface area contributed by atoms with E-state index in [1.54, 1.807) is 23.6 Å². The number of fused-ring (bicyclic) bond motifs is 1. The molecule has 7 heteroatoms. The fourth-order valence-corrected chi connectivity index (χ4v) is 3.20. The van der Waals surface area contributed by atoms with Gasteiger partial charge in [-0.15, -0.1) is 11.3 Å². The van der Waals surface area contributed by atoms with E-state index in [2.05, 4.69) is 21.9 Å². The zero-order valence-corrected chi connectivity index (χ0v) is 12.7. The van der Waals surface area contributed by atoms with Crippen LogP contribution in [0.4, 0.5) is 5.95 Å². The van der Waals surface area contributed by atoms with Crippen molar-refractivity contribution in [3.63, 3.8) is 0 Å². The first-order valence-corrected chi connectivity index (χ1v) is 7.53. The van der Waals surface area contributed by atoms with Crippen LogP contribution >= 0.6 is 22.9 Å². The molecule has 0 amide bonds. The first-order valence-electron chi connectivity index (χ1n) is 6.33. The zero-order chi connectivity index (χ0) is 14.3. The second-order valence-corrected chi connectivity index (χ2v) is 6.11. The lowest BCUT2D eigenvalue weighted by molar-refractivity contribution is 0.657. The van der Waals surface area contributed by atoms with Gasteiger partial charge in [0.1, 0.15) is 10.5 Å². The number of nitrogen functional groups attached to an aromatic ring is 1. The number of nitrogens with zero attached hydrogens (tertiary/aromatic N) is 4. The quantitative estimate of drug-likeness (QED) is 0.806. The van der Waals surface area contributed by atoms with Gasteiger partial charge in [-0.25, -0.2) is 15.0 Å². The summed E-state index contributed by atoms with van der Waals surface area (Å²) in [4.78, 5) is 14.4. The van der Waals surface area contributed by atoms with Crippen molar-refractivity contribution in [1.82, 2.24) is 19.5 Å². The molecule has 3 aromatic rings. The Labute approximate surface area is 125 Å². The van der Waals surface area contributed by atoms with E-state index in [-0.39, 0.29) is 6.04 Å². The molecule has 0 bridgehead atoms. The number of aryl methyl sites for hydroxylation is 1. The van der Waals surface area contributed by atoms with Crippen LogP contribution in [0.1, 0.15) is 29.8 Å². The Morgan fingerprint density at radius 3 is 2.90 bits per heavy atom. The molecule has 0 spiro atoms. The third kappa shape index (κ3) is 2.14. The van der Waals surface area contributed by atoms with Crippen LogP contribution in [-0.4, -0.2) is 19.5 Å². The first kappa shape index (κ1) is 13.3. The van der Waals surface area contributed by atoms with Crippen LogP contribution in [0, 0.1) is 0 Å². The van der Waals surface area contributed by atoms with Crippen LogP contribution in [0.5, 0.6) is 0 Å². The molecular weight excluding hydrogens is 294 g/mol. The molecule has 2 N–H and O–H groups in total. The van der Waals surface area contributed by atoms with Gasteiger partial charge in [-0.3, -0.25) is 4.57 Å². The zero-order valence-electron chi connectivity index (χ0n) is 11.2. The Hall–Kier alpha value is -1.66. The van der Waals surface area contributed by atoms with Gasteiger partial charge in [0.2, 0.25) is 5.95 Å². The molecule has 3 aromatic heterocycles. The van der Waals surface area contributed by atoms with Gasteiger partial charge in [-0.2, -0.15) is 0 Å². The topological polar surface area (TPSA) is 69.6 Å². The van der Waals surface area contributed by atoms with E-state index in [4.69, 9.17) is 17.3 Å². The summed E-state index contributed by atoms with van der Waals surface area (Å²) in [6, 6.07) is 1.77. The van der Waals surface area contributed by atoms with E-state index in [1.807, 2.05) is 17.7 Å². The maximum Gasteiger partial charge on any atom is 0.203 e. The van der Waals surface area contributed by atoms with Crippen LogP contribution in [0.25, 0.3) is 11.2 Å². The summed E-state index contributed by atoms with van der Waals surface area (Å²) in [5, 5.41) is 1.56. The summed E-state index contributed by atoms with van der Waals surface area (Å²) in [7, 11) is 0. The molecule has 0 saturated heterocycles. The van der Waals surface area contributed by atoms with Crippen LogP contribution in [0.2, 0.25) is 5.02 Å². The Morgan fingerprint density at radius 2 is 2.20 bits per heavy atom. The number of hydrogen-bond donors (Lipinski definition) is 1. The summed E-state index contributed by atoms with van der Waals surface area (Å²) in [5.74, 6) is 0.426. The average Bonchev–Trinajstić information content (AvgIpc) is 3.01. The third-order valence-electron chi connectivity index (χ3n) is 3.19. The van der Waals surface area contributed by atoms with Crippen LogP contribution in [0.3, 0.4) is 0 Å². The summed E-state index contributed by atoms with van der Waals surface area (Å²) in [6.45, 7) is 4.17. The van der Waals surface area contributed by atoms with Crippen molar-refractivity contribution in [2.45, 2.75) is 26.3 Å². The Kier molecular flexibility index (Phi) is 3.35. The molecule has 0 aliphatic heterocycles. The predicted octanol–water partition coefficient (Wildman–Crippen LogP) is 3.30. The molecule has 104 valence electrons. The number of nitrogens with two attached hydrogens (primary N) is 1. The molecule has 1 atom stereocenters. The number of aromatic nitrogens is 4. The van der Waals surface area contributed by atoms with Crippen molar-refractivity contribution >= 4 is 40.0 Å². The van der Waals surface area contributed by atoms with Gasteiger partial charge in [-0.05, 0) is 19.4 Å². The molecule has 0 fully saturated rings. The monoisotopic (exact) mass is 307 g/mol. The molecule has 3 rings (SSSR count). The third-order valence-corrected chi connectivity index (χ3v) is 4.71. The lowest BCUT2D eigenvalue weighted by atomic mass is 10.3.